The van der Waals surface area contributed by atoms with Gasteiger partial charge in [0.25, 0.3) is 5.91 Å². The number of carbonyl (C=O) groups excluding carboxylic acids is 3. The fourth-order valence-electron chi connectivity index (χ4n) is 4.05. The summed E-state index contributed by atoms with van der Waals surface area (Å²) >= 11 is 0. The van der Waals surface area contributed by atoms with Gasteiger partial charge in [-0.25, -0.2) is 9.48 Å². The van der Waals surface area contributed by atoms with Crippen LogP contribution in [0, 0.1) is 5.92 Å². The molecule has 0 bridgehead atoms. The number of amides is 2. The van der Waals surface area contributed by atoms with Crippen LogP contribution in [0.3, 0.4) is 0 Å². The fourth-order valence-corrected chi connectivity index (χ4v) is 4.05. The zero-order chi connectivity index (χ0) is 28.3. The lowest BCUT2D eigenvalue weighted by Crippen LogP contribution is -2.37. The highest BCUT2D eigenvalue weighted by Crippen LogP contribution is 2.35. The van der Waals surface area contributed by atoms with Gasteiger partial charge in [0.05, 0.1) is 24.6 Å². The van der Waals surface area contributed by atoms with Gasteiger partial charge in [-0.15, -0.1) is 0 Å². The van der Waals surface area contributed by atoms with Crippen LogP contribution in [0.1, 0.15) is 68.0 Å². The van der Waals surface area contributed by atoms with Crippen molar-refractivity contribution in [2.24, 2.45) is 18.7 Å². The Hall–Kier alpha value is -3.49. The van der Waals surface area contributed by atoms with Crippen molar-refractivity contribution in [2.45, 2.75) is 77.2 Å². The highest BCUT2D eigenvalue weighted by molar-refractivity contribution is 6.02. The minimum atomic E-state index is -0.799. The first-order chi connectivity index (χ1) is 18.5. The summed E-state index contributed by atoms with van der Waals surface area (Å²) in [5, 5.41) is 14.4. The first-order valence-electron chi connectivity index (χ1n) is 12.9. The number of anilines is 1. The average Bonchev–Trinajstić information content (AvgIpc) is 3.21. The number of aryl methyl sites for hydroxylation is 1. The molecule has 2 aliphatic rings. The molecule has 3 atom stereocenters. The van der Waals surface area contributed by atoms with Crippen LogP contribution in [-0.4, -0.2) is 68.9 Å². The van der Waals surface area contributed by atoms with Crippen LogP contribution in [0.4, 0.5) is 10.6 Å². The smallest absolute Gasteiger partial charge is 0.407 e. The lowest BCUT2D eigenvalue weighted by atomic mass is 10.1. The zero-order valence-corrected chi connectivity index (χ0v) is 22.9. The maximum atomic E-state index is 13.1. The molecule has 2 aromatic rings. The predicted molar refractivity (Wildman–Crippen MR) is 137 cm³/mol. The van der Waals surface area contributed by atoms with E-state index in [9.17, 15) is 14.4 Å². The van der Waals surface area contributed by atoms with E-state index in [1.165, 1.54) is 9.36 Å². The number of aromatic nitrogens is 4. The third-order valence-corrected chi connectivity index (χ3v) is 6.78. The van der Waals surface area contributed by atoms with E-state index in [4.69, 9.17) is 24.7 Å². The molecule has 4 rings (SSSR count). The minimum absolute atomic E-state index is 0.112. The fraction of sp³-hybridized carbons (Fsp3) is 0.640. The van der Waals surface area contributed by atoms with Crippen LogP contribution in [0.25, 0.3) is 0 Å². The van der Waals surface area contributed by atoms with E-state index in [2.05, 4.69) is 20.8 Å². The first-order valence-corrected chi connectivity index (χ1v) is 12.9. The van der Waals surface area contributed by atoms with Gasteiger partial charge < -0.3 is 35.3 Å². The lowest BCUT2D eigenvalue weighted by molar-refractivity contribution is -0.150. The molecule has 14 heteroatoms. The topological polar surface area (TPSA) is 174 Å². The zero-order valence-electron chi connectivity index (χ0n) is 22.9. The molecule has 3 heterocycles. The second kappa shape index (κ2) is 11.7. The van der Waals surface area contributed by atoms with Gasteiger partial charge in [-0.05, 0) is 31.7 Å². The van der Waals surface area contributed by atoms with Gasteiger partial charge in [-0.2, -0.15) is 10.2 Å². The van der Waals surface area contributed by atoms with Crippen molar-refractivity contribution in [2.75, 3.05) is 19.0 Å². The molecule has 0 radical (unpaired) electrons. The predicted octanol–water partition coefficient (Wildman–Crippen LogP) is 1.61. The molecule has 0 aromatic carbocycles. The number of nitrogens with two attached hydrogens (primary N) is 1. The third-order valence-electron chi connectivity index (χ3n) is 6.78. The molecule has 4 N–H and O–H groups in total. The number of carbonyl (C=O) groups is 3. The van der Waals surface area contributed by atoms with Crippen molar-refractivity contribution in [3.05, 3.63) is 29.2 Å². The molecule has 214 valence electrons. The van der Waals surface area contributed by atoms with E-state index < -0.39 is 36.2 Å². The quantitative estimate of drug-likeness (QED) is 0.351. The van der Waals surface area contributed by atoms with Crippen LogP contribution in [0.2, 0.25) is 0 Å². The van der Waals surface area contributed by atoms with E-state index in [0.717, 1.165) is 12.8 Å². The van der Waals surface area contributed by atoms with Crippen molar-refractivity contribution in [1.29, 1.82) is 0 Å². The second-order valence-electron chi connectivity index (χ2n) is 10.6. The Bertz CT molecular complexity index is 1200. The van der Waals surface area contributed by atoms with E-state index in [1.54, 1.807) is 26.3 Å². The molecule has 2 amide bonds. The van der Waals surface area contributed by atoms with Gasteiger partial charge in [0, 0.05) is 32.2 Å². The van der Waals surface area contributed by atoms with Crippen molar-refractivity contribution in [1.82, 2.24) is 24.9 Å². The van der Waals surface area contributed by atoms with E-state index in [-0.39, 0.29) is 37.2 Å². The number of hydrogen-bond donors (Lipinski definition) is 3. The van der Waals surface area contributed by atoms with Gasteiger partial charge in [0.1, 0.15) is 29.8 Å². The highest BCUT2D eigenvalue weighted by Gasteiger charge is 2.40. The van der Waals surface area contributed by atoms with Crippen LogP contribution in [0.5, 0.6) is 0 Å². The van der Waals surface area contributed by atoms with Crippen LogP contribution >= 0.6 is 0 Å². The molecule has 1 saturated heterocycles. The Kier molecular flexibility index (Phi) is 8.57. The van der Waals surface area contributed by atoms with Crippen LogP contribution in [-0.2, 0) is 44.1 Å². The summed E-state index contributed by atoms with van der Waals surface area (Å²) in [6, 6.07) is 2.46. The van der Waals surface area contributed by atoms with Gasteiger partial charge in [0.2, 0.25) is 0 Å². The van der Waals surface area contributed by atoms with Gasteiger partial charge in [-0.3, -0.25) is 14.3 Å². The third kappa shape index (κ3) is 7.13. The van der Waals surface area contributed by atoms with E-state index >= 15 is 0 Å². The Labute approximate surface area is 226 Å². The normalized spacial score (nSPS) is 20.5. The summed E-state index contributed by atoms with van der Waals surface area (Å²) in [4.78, 5) is 37.6. The number of alkyl carbamates (subject to hydrolysis) is 1. The summed E-state index contributed by atoms with van der Waals surface area (Å²) in [6.07, 6.45) is 0.828. The van der Waals surface area contributed by atoms with Crippen molar-refractivity contribution < 1.29 is 33.3 Å². The first kappa shape index (κ1) is 28.5. The molecular formula is C25H37N7O7. The molecule has 39 heavy (non-hydrogen) atoms. The largest absolute Gasteiger partial charge is 0.444 e. The summed E-state index contributed by atoms with van der Waals surface area (Å²) < 4.78 is 24.6. The molecule has 2 fully saturated rings. The number of ether oxygens (including phenoxy) is 4. The Morgan fingerprint density at radius 2 is 2.00 bits per heavy atom. The van der Waals surface area contributed by atoms with E-state index in [0.29, 0.717) is 23.5 Å². The van der Waals surface area contributed by atoms with Gasteiger partial charge >= 0.3 is 12.1 Å². The maximum Gasteiger partial charge on any atom is 0.407 e. The molecule has 1 aliphatic heterocycles. The highest BCUT2D eigenvalue weighted by atomic mass is 16.6. The summed E-state index contributed by atoms with van der Waals surface area (Å²) in [6.45, 7) is 5.79. The Morgan fingerprint density at radius 3 is 2.67 bits per heavy atom. The number of esters is 1. The average molecular weight is 548 g/mol. The molecule has 0 spiro atoms. The second-order valence-corrected chi connectivity index (χ2v) is 10.6. The molecular weight excluding hydrogens is 510 g/mol. The summed E-state index contributed by atoms with van der Waals surface area (Å²) in [5.41, 5.74) is 7.11. The summed E-state index contributed by atoms with van der Waals surface area (Å²) in [5.74, 6) is -0.859. The Morgan fingerprint density at radius 1 is 1.26 bits per heavy atom. The number of methoxy groups -OCH3 is 1. The number of rotatable bonds is 11. The minimum Gasteiger partial charge on any atom is -0.444 e. The molecule has 0 unspecified atom stereocenters. The number of hydrogen-bond acceptors (Lipinski definition) is 10. The maximum absolute atomic E-state index is 13.1. The van der Waals surface area contributed by atoms with Crippen LogP contribution in [0.15, 0.2) is 12.1 Å². The summed E-state index contributed by atoms with van der Waals surface area (Å²) in [7, 11) is 3.19. The van der Waals surface area contributed by atoms with Crippen molar-refractivity contribution >= 4 is 23.8 Å². The lowest BCUT2D eigenvalue weighted by Gasteiger charge is -2.15. The molecule has 2 aromatic heterocycles. The van der Waals surface area contributed by atoms with Gasteiger partial charge in [-0.1, -0.05) is 13.8 Å². The van der Waals surface area contributed by atoms with Crippen molar-refractivity contribution in [3.63, 3.8) is 0 Å². The standard InChI is InChI=1S/C25H37N7O7/c1-14(2)21(26)23(34)38-13-32-20(27-22(33)18-8-15(11-36-5)29-31(18)4)10-17(30-32)19-9-16(12-37-19)39-24(35)28-25(3)6-7-25/h8,10,14,16,19,21H,6-7,9,11-13,26H2,1-5H3,(H,27,33)(H,28,35)/t16-,19-,21+/m1/s1. The number of nitrogens with zero attached hydrogens (tertiary/aromatic N) is 4. The van der Waals surface area contributed by atoms with Crippen LogP contribution < -0.4 is 16.4 Å². The van der Waals surface area contributed by atoms with E-state index in [1.807, 2.05) is 20.8 Å². The number of nitrogens with one attached hydrogen (secondary N) is 2. The molecule has 14 nitrogen and oxygen atoms in total. The monoisotopic (exact) mass is 547 g/mol. The molecule has 1 aliphatic carbocycles. The SMILES string of the molecule is COCc1cc(C(=O)Nc2cc([C@H]3C[C@@H](OC(=O)NC4(C)CC4)CO3)nn2COC(=O)[C@@H](N)C(C)C)n(C)n1. The van der Waals surface area contributed by atoms with Gasteiger partial charge in [0.15, 0.2) is 6.73 Å². The Balaban J connectivity index is 1.47. The molecule has 1 saturated carbocycles. The van der Waals surface area contributed by atoms with Crippen molar-refractivity contribution in [3.8, 4) is 0 Å².